The SMILES string of the molecule is O=CO.O=COCCOC=O.OCCO. The first-order valence-electron chi connectivity index (χ1n) is 3.65. The van der Waals surface area contributed by atoms with E-state index in [0.29, 0.717) is 12.9 Å². The topological polar surface area (TPSA) is 130 Å². The Morgan fingerprint density at radius 1 is 0.867 bits per heavy atom. The zero-order chi connectivity index (χ0) is 12.4. The van der Waals surface area contributed by atoms with Gasteiger partial charge in [0.25, 0.3) is 19.4 Å². The maximum Gasteiger partial charge on any atom is 0.293 e. The fourth-order valence-corrected chi connectivity index (χ4v) is 0.192. The van der Waals surface area contributed by atoms with E-state index in [-0.39, 0.29) is 32.9 Å². The molecule has 0 aromatic carbocycles. The molecule has 0 rings (SSSR count). The van der Waals surface area contributed by atoms with Crippen molar-refractivity contribution in [3.8, 4) is 0 Å². The van der Waals surface area contributed by atoms with Crippen molar-refractivity contribution < 1.29 is 39.2 Å². The fraction of sp³-hybridized carbons (Fsp3) is 0.571. The number of carbonyl (C=O) groups is 3. The van der Waals surface area contributed by atoms with Crippen molar-refractivity contribution in [3.05, 3.63) is 0 Å². The Hall–Kier alpha value is -1.67. The lowest BCUT2D eigenvalue weighted by molar-refractivity contribution is -0.136. The van der Waals surface area contributed by atoms with Crippen LogP contribution in [0.2, 0.25) is 0 Å². The first-order chi connectivity index (χ1) is 7.24. The Kier molecular flexibility index (Phi) is 37.3. The maximum absolute atomic E-state index is 9.40. The Balaban J connectivity index is -0.000000173. The molecule has 3 N–H and O–H groups in total. The second-order valence-electron chi connectivity index (χ2n) is 1.49. The molecule has 0 unspecified atom stereocenters. The Morgan fingerprint density at radius 3 is 1.27 bits per heavy atom. The van der Waals surface area contributed by atoms with E-state index >= 15 is 0 Å². The highest BCUT2D eigenvalue weighted by Crippen LogP contribution is 1.68. The van der Waals surface area contributed by atoms with Gasteiger partial charge in [-0.15, -0.1) is 0 Å². The summed E-state index contributed by atoms with van der Waals surface area (Å²) in [4.78, 5) is 27.2. The molecule has 15 heavy (non-hydrogen) atoms. The third kappa shape index (κ3) is 70.2. The van der Waals surface area contributed by atoms with Gasteiger partial charge in [0, 0.05) is 0 Å². The van der Waals surface area contributed by atoms with Crippen LogP contribution in [-0.2, 0) is 23.9 Å². The van der Waals surface area contributed by atoms with E-state index in [1.54, 1.807) is 0 Å². The van der Waals surface area contributed by atoms with Crippen molar-refractivity contribution in [1.82, 2.24) is 0 Å². The van der Waals surface area contributed by atoms with Crippen molar-refractivity contribution in [2.75, 3.05) is 26.4 Å². The van der Waals surface area contributed by atoms with Crippen molar-refractivity contribution in [3.63, 3.8) is 0 Å². The molecule has 0 aliphatic rings. The van der Waals surface area contributed by atoms with E-state index in [1.807, 2.05) is 0 Å². The summed E-state index contributed by atoms with van der Waals surface area (Å²) < 4.78 is 8.34. The average molecular weight is 226 g/mol. The monoisotopic (exact) mass is 226 g/mol. The van der Waals surface area contributed by atoms with E-state index < -0.39 is 0 Å². The number of carbonyl (C=O) groups excluding carboxylic acids is 2. The highest BCUT2D eigenvalue weighted by atomic mass is 16.6. The molecule has 0 heterocycles. The zero-order valence-electron chi connectivity index (χ0n) is 7.94. The molecule has 0 radical (unpaired) electrons. The number of rotatable bonds is 6. The number of carboxylic acid groups (broad SMARTS) is 1. The summed E-state index contributed by atoms with van der Waals surface area (Å²) >= 11 is 0. The second-order valence-corrected chi connectivity index (χ2v) is 1.49. The lowest BCUT2D eigenvalue weighted by Gasteiger charge is -1.93. The van der Waals surface area contributed by atoms with E-state index in [4.69, 9.17) is 20.1 Å². The van der Waals surface area contributed by atoms with E-state index in [2.05, 4.69) is 9.47 Å². The molecule has 0 aliphatic carbocycles. The largest absolute Gasteiger partial charge is 0.483 e. The normalized spacial score (nSPS) is 6.80. The fourth-order valence-electron chi connectivity index (χ4n) is 0.192. The molecule has 0 aromatic heterocycles. The van der Waals surface area contributed by atoms with Crippen LogP contribution in [-0.4, -0.2) is 61.2 Å². The van der Waals surface area contributed by atoms with Gasteiger partial charge in [-0.1, -0.05) is 0 Å². The van der Waals surface area contributed by atoms with Crippen molar-refractivity contribution in [2.24, 2.45) is 0 Å². The van der Waals surface area contributed by atoms with Crippen LogP contribution in [0.3, 0.4) is 0 Å². The molecule has 8 nitrogen and oxygen atoms in total. The van der Waals surface area contributed by atoms with Gasteiger partial charge in [0.05, 0.1) is 13.2 Å². The maximum atomic E-state index is 9.40. The summed E-state index contributed by atoms with van der Waals surface area (Å²) in [5.41, 5.74) is 0. The summed E-state index contributed by atoms with van der Waals surface area (Å²) in [6.45, 7) is 0.354. The number of aliphatic hydroxyl groups excluding tert-OH is 2. The standard InChI is InChI=1S/C4H6O4.C2H6O2.CH2O2/c5-3-7-1-2-8-4-6;3-1-2-4;2-1-3/h3-4H,1-2H2;3-4H,1-2H2;1H,(H,2,3). The second kappa shape index (κ2) is 29.5. The Bertz CT molecular complexity index is 114. The van der Waals surface area contributed by atoms with Crippen molar-refractivity contribution in [2.45, 2.75) is 0 Å². The summed E-state index contributed by atoms with van der Waals surface area (Å²) in [5.74, 6) is 0. The van der Waals surface area contributed by atoms with Gasteiger partial charge in [0.2, 0.25) is 0 Å². The van der Waals surface area contributed by atoms with Crippen LogP contribution in [0.15, 0.2) is 0 Å². The molecule has 0 aliphatic heterocycles. The quantitative estimate of drug-likeness (QED) is 0.350. The first-order valence-corrected chi connectivity index (χ1v) is 3.65. The van der Waals surface area contributed by atoms with E-state index in [9.17, 15) is 9.59 Å². The molecule has 90 valence electrons. The number of hydrogen-bond acceptors (Lipinski definition) is 7. The number of aliphatic hydroxyl groups is 2. The van der Waals surface area contributed by atoms with Gasteiger partial charge >= 0.3 is 0 Å². The predicted octanol–water partition coefficient (Wildman–Crippen LogP) is -2.00. The van der Waals surface area contributed by atoms with Crippen LogP contribution < -0.4 is 0 Å². The van der Waals surface area contributed by atoms with Crippen molar-refractivity contribution >= 4 is 19.4 Å². The smallest absolute Gasteiger partial charge is 0.293 e. The Labute approximate surface area is 86.0 Å². The van der Waals surface area contributed by atoms with Gasteiger partial charge in [-0.05, 0) is 0 Å². The molecule has 0 fully saturated rings. The van der Waals surface area contributed by atoms with E-state index in [1.165, 1.54) is 0 Å². The lowest BCUT2D eigenvalue weighted by atomic mass is 10.8. The highest BCUT2D eigenvalue weighted by molar-refractivity contribution is 5.38. The molecule has 0 bridgehead atoms. The van der Waals surface area contributed by atoms with Crippen LogP contribution in [0.1, 0.15) is 0 Å². The molecular weight excluding hydrogens is 212 g/mol. The average Bonchev–Trinajstić information content (AvgIpc) is 2.26. The van der Waals surface area contributed by atoms with Gasteiger partial charge in [0.1, 0.15) is 13.2 Å². The summed E-state index contributed by atoms with van der Waals surface area (Å²) in [5, 5.41) is 22.1. The lowest BCUT2D eigenvalue weighted by Crippen LogP contribution is -2.00. The number of hydrogen-bond donors (Lipinski definition) is 3. The molecule has 0 atom stereocenters. The van der Waals surface area contributed by atoms with Gasteiger partial charge in [-0.25, -0.2) is 0 Å². The minimum Gasteiger partial charge on any atom is -0.483 e. The minimum absolute atomic E-state index is 0.125. The molecule has 0 saturated carbocycles. The molecule has 0 amide bonds. The van der Waals surface area contributed by atoms with Gasteiger partial charge in [-0.2, -0.15) is 0 Å². The van der Waals surface area contributed by atoms with Crippen LogP contribution in [0, 0.1) is 0 Å². The van der Waals surface area contributed by atoms with Crippen molar-refractivity contribution in [1.29, 1.82) is 0 Å². The summed E-state index contributed by atoms with van der Waals surface area (Å²) in [7, 11) is 0. The Morgan fingerprint density at radius 2 is 1.13 bits per heavy atom. The predicted molar refractivity (Wildman–Crippen MR) is 46.9 cm³/mol. The van der Waals surface area contributed by atoms with Gasteiger partial charge in [-0.3, -0.25) is 14.4 Å². The molecule has 8 heteroatoms. The molecule has 0 aromatic rings. The van der Waals surface area contributed by atoms with Gasteiger partial charge < -0.3 is 24.8 Å². The molecule has 0 spiro atoms. The third-order valence-corrected chi connectivity index (χ3v) is 0.555. The molecule has 0 saturated heterocycles. The number of ether oxygens (including phenoxy) is 2. The van der Waals surface area contributed by atoms with Crippen LogP contribution in [0.5, 0.6) is 0 Å². The van der Waals surface area contributed by atoms with Crippen LogP contribution in [0.4, 0.5) is 0 Å². The molecular formula is C7H14O8. The third-order valence-electron chi connectivity index (χ3n) is 0.555. The summed E-state index contributed by atoms with van der Waals surface area (Å²) in [6.07, 6.45) is 0. The van der Waals surface area contributed by atoms with Crippen LogP contribution in [0.25, 0.3) is 0 Å². The zero-order valence-corrected chi connectivity index (χ0v) is 7.94. The summed E-state index contributed by atoms with van der Waals surface area (Å²) in [6, 6.07) is 0. The van der Waals surface area contributed by atoms with Gasteiger partial charge in [0.15, 0.2) is 0 Å². The highest BCUT2D eigenvalue weighted by Gasteiger charge is 1.81. The van der Waals surface area contributed by atoms with Crippen LogP contribution >= 0.6 is 0 Å². The van der Waals surface area contributed by atoms with E-state index in [0.717, 1.165) is 0 Å². The first kappa shape index (κ1) is 19.0. The minimum atomic E-state index is -0.250.